The highest BCUT2D eigenvalue weighted by Gasteiger charge is 2.35. The van der Waals surface area contributed by atoms with Crippen LogP contribution in [0, 0.1) is 0 Å². The molecule has 120 valence electrons. The van der Waals surface area contributed by atoms with Crippen molar-refractivity contribution >= 4 is 0 Å². The lowest BCUT2D eigenvalue weighted by Gasteiger charge is -2.40. The van der Waals surface area contributed by atoms with Crippen molar-refractivity contribution in [2.45, 2.75) is 18.9 Å². The van der Waals surface area contributed by atoms with Crippen LogP contribution in [0.2, 0.25) is 0 Å². The molecule has 0 radical (unpaired) electrons. The van der Waals surface area contributed by atoms with E-state index in [1.165, 1.54) is 16.7 Å². The molecule has 0 fully saturated rings. The Morgan fingerprint density at radius 2 is 1.96 bits per heavy atom. The van der Waals surface area contributed by atoms with E-state index in [0.29, 0.717) is 11.8 Å². The fraction of sp³-hybridized carbons (Fsp3) is 0.368. The number of likely N-dealkylation sites (N-methyl/N-ethyl adjacent to an activating group) is 1. The third-order valence-electron chi connectivity index (χ3n) is 5.18. The molecular weight excluding hydrogens is 290 g/mol. The van der Waals surface area contributed by atoms with E-state index in [-0.39, 0.29) is 5.75 Å². The lowest BCUT2D eigenvalue weighted by Crippen LogP contribution is -2.35. The predicted octanol–water partition coefficient (Wildman–Crippen LogP) is 3.16. The van der Waals surface area contributed by atoms with Gasteiger partial charge in [0.2, 0.25) is 0 Å². The Hall–Kier alpha value is -2.20. The Bertz CT molecular complexity index is 785. The number of methoxy groups -OCH3 is 2. The third-order valence-corrected chi connectivity index (χ3v) is 5.18. The summed E-state index contributed by atoms with van der Waals surface area (Å²) in [6, 6.07) is 8.34. The minimum Gasteiger partial charge on any atom is -0.504 e. The summed E-state index contributed by atoms with van der Waals surface area (Å²) in [6.45, 7) is 1.05. The van der Waals surface area contributed by atoms with E-state index in [0.717, 1.165) is 36.3 Å². The van der Waals surface area contributed by atoms with Crippen LogP contribution in [-0.2, 0) is 12.8 Å². The second kappa shape index (κ2) is 5.17. The van der Waals surface area contributed by atoms with Gasteiger partial charge in [0.25, 0.3) is 0 Å². The van der Waals surface area contributed by atoms with Crippen molar-refractivity contribution in [2.24, 2.45) is 0 Å². The number of benzene rings is 2. The largest absolute Gasteiger partial charge is 0.504 e. The van der Waals surface area contributed by atoms with Crippen LogP contribution in [-0.4, -0.2) is 37.8 Å². The van der Waals surface area contributed by atoms with E-state index in [2.05, 4.69) is 24.1 Å². The quantitative estimate of drug-likeness (QED) is 0.925. The molecule has 1 heterocycles. The number of rotatable bonds is 2. The molecule has 2 aromatic rings. The lowest BCUT2D eigenvalue weighted by atomic mass is 9.76. The summed E-state index contributed by atoms with van der Waals surface area (Å²) in [4.78, 5) is 2.42. The minimum absolute atomic E-state index is 0.186. The molecule has 2 aliphatic rings. The average Bonchev–Trinajstić information content (AvgIpc) is 2.57. The molecule has 0 saturated heterocycles. The summed E-state index contributed by atoms with van der Waals surface area (Å²) < 4.78 is 11.0. The molecule has 2 aromatic carbocycles. The Balaban J connectivity index is 2.06. The van der Waals surface area contributed by atoms with Gasteiger partial charge < -0.3 is 14.6 Å². The van der Waals surface area contributed by atoms with Crippen LogP contribution < -0.4 is 9.47 Å². The molecule has 1 N–H and O–H groups in total. The summed E-state index contributed by atoms with van der Waals surface area (Å²) in [5.41, 5.74) is 6.05. The number of phenolic OH excluding ortho intramolecular Hbond substituents is 1. The molecule has 4 rings (SSSR count). The zero-order valence-corrected chi connectivity index (χ0v) is 13.7. The monoisotopic (exact) mass is 311 g/mol. The summed E-state index contributed by atoms with van der Waals surface area (Å²) >= 11 is 0. The Morgan fingerprint density at radius 3 is 2.70 bits per heavy atom. The van der Waals surface area contributed by atoms with Gasteiger partial charge in [-0.3, -0.25) is 4.90 Å². The van der Waals surface area contributed by atoms with Gasteiger partial charge in [0.05, 0.1) is 14.2 Å². The van der Waals surface area contributed by atoms with Crippen LogP contribution in [0.4, 0.5) is 0 Å². The van der Waals surface area contributed by atoms with Gasteiger partial charge in [0, 0.05) is 18.2 Å². The van der Waals surface area contributed by atoms with Gasteiger partial charge in [0.1, 0.15) is 5.75 Å². The molecule has 1 aliphatic carbocycles. The van der Waals surface area contributed by atoms with Gasteiger partial charge in [-0.25, -0.2) is 0 Å². The van der Waals surface area contributed by atoms with Gasteiger partial charge in [0.15, 0.2) is 11.5 Å². The average molecular weight is 311 g/mol. The fourth-order valence-electron chi connectivity index (χ4n) is 4.03. The predicted molar refractivity (Wildman–Crippen MR) is 89.4 cm³/mol. The number of nitrogens with zero attached hydrogens (tertiary/aromatic N) is 1. The Labute approximate surface area is 136 Å². The smallest absolute Gasteiger partial charge is 0.168 e. The van der Waals surface area contributed by atoms with Crippen molar-refractivity contribution in [3.05, 3.63) is 41.0 Å². The third kappa shape index (κ3) is 2.01. The summed E-state index contributed by atoms with van der Waals surface area (Å²) in [5, 5.41) is 10.2. The van der Waals surface area contributed by atoms with E-state index < -0.39 is 0 Å². The van der Waals surface area contributed by atoms with Crippen LogP contribution in [0.15, 0.2) is 24.3 Å². The molecule has 1 aliphatic heterocycles. The first kappa shape index (κ1) is 14.4. The van der Waals surface area contributed by atoms with Crippen LogP contribution in [0.5, 0.6) is 17.2 Å². The lowest BCUT2D eigenvalue weighted by molar-refractivity contribution is 0.227. The zero-order valence-electron chi connectivity index (χ0n) is 13.7. The summed E-state index contributed by atoms with van der Waals surface area (Å²) in [6.07, 6.45) is 1.96. The van der Waals surface area contributed by atoms with Crippen molar-refractivity contribution in [3.63, 3.8) is 0 Å². The molecule has 0 unspecified atom stereocenters. The van der Waals surface area contributed by atoms with Crippen LogP contribution in [0.3, 0.4) is 0 Å². The highest BCUT2D eigenvalue weighted by molar-refractivity contribution is 5.83. The number of hydrogen-bond donors (Lipinski definition) is 1. The van der Waals surface area contributed by atoms with Gasteiger partial charge in [-0.15, -0.1) is 0 Å². The fourth-order valence-corrected chi connectivity index (χ4v) is 4.03. The molecule has 1 atom stereocenters. The van der Waals surface area contributed by atoms with Crippen molar-refractivity contribution in [3.8, 4) is 28.4 Å². The number of aromatic hydroxyl groups is 1. The SMILES string of the molecule is COc1cc2c3c(c1)-c1c(ccc(O)c1OC)C[C@H]3N(C)CC2. The second-order valence-corrected chi connectivity index (χ2v) is 6.35. The van der Waals surface area contributed by atoms with E-state index in [1.807, 2.05) is 6.07 Å². The van der Waals surface area contributed by atoms with Crippen LogP contribution >= 0.6 is 0 Å². The molecule has 23 heavy (non-hydrogen) atoms. The maximum atomic E-state index is 10.2. The van der Waals surface area contributed by atoms with Crippen molar-refractivity contribution in [1.29, 1.82) is 0 Å². The first-order valence-corrected chi connectivity index (χ1v) is 7.94. The summed E-state index contributed by atoms with van der Waals surface area (Å²) in [5.74, 6) is 1.61. The molecule has 0 amide bonds. The van der Waals surface area contributed by atoms with Gasteiger partial charge in [-0.05, 0) is 60.3 Å². The molecule has 4 nitrogen and oxygen atoms in total. The summed E-state index contributed by atoms with van der Waals surface area (Å²) in [7, 11) is 5.49. The minimum atomic E-state index is 0.186. The van der Waals surface area contributed by atoms with E-state index in [1.54, 1.807) is 20.3 Å². The first-order chi connectivity index (χ1) is 11.1. The molecule has 0 bridgehead atoms. The number of ether oxygens (including phenoxy) is 2. The molecular formula is C19H21NO3. The van der Waals surface area contributed by atoms with E-state index in [9.17, 15) is 5.11 Å². The standard InChI is InChI=1S/C19H21NO3/c1-20-7-6-12-8-13(22-2)10-14-17(12)15(20)9-11-4-5-16(21)19(23-3)18(11)14/h4-5,8,10,15,21H,6-7,9H2,1-3H3/t15-/m1/s1. The maximum Gasteiger partial charge on any atom is 0.168 e. The first-order valence-electron chi connectivity index (χ1n) is 7.94. The number of phenols is 1. The van der Waals surface area contributed by atoms with Gasteiger partial charge >= 0.3 is 0 Å². The molecule has 4 heteroatoms. The second-order valence-electron chi connectivity index (χ2n) is 6.35. The van der Waals surface area contributed by atoms with Crippen molar-refractivity contribution in [1.82, 2.24) is 4.90 Å². The Kier molecular flexibility index (Phi) is 3.23. The maximum absolute atomic E-state index is 10.2. The molecule has 0 spiro atoms. The highest BCUT2D eigenvalue weighted by atomic mass is 16.5. The number of hydrogen-bond acceptors (Lipinski definition) is 4. The van der Waals surface area contributed by atoms with Crippen molar-refractivity contribution in [2.75, 3.05) is 27.8 Å². The van der Waals surface area contributed by atoms with Gasteiger partial charge in [-0.2, -0.15) is 0 Å². The van der Waals surface area contributed by atoms with Crippen LogP contribution in [0.1, 0.15) is 22.7 Å². The van der Waals surface area contributed by atoms with Crippen LogP contribution in [0.25, 0.3) is 11.1 Å². The van der Waals surface area contributed by atoms with Crippen molar-refractivity contribution < 1.29 is 14.6 Å². The van der Waals surface area contributed by atoms with Gasteiger partial charge in [-0.1, -0.05) is 6.07 Å². The normalized spacial score (nSPS) is 19.0. The topological polar surface area (TPSA) is 41.9 Å². The molecule has 0 aromatic heterocycles. The van der Waals surface area contributed by atoms with E-state index in [4.69, 9.17) is 9.47 Å². The zero-order chi connectivity index (χ0) is 16.1. The molecule has 0 saturated carbocycles. The number of fused-ring (bicyclic) bond motifs is 2. The Morgan fingerprint density at radius 1 is 1.13 bits per heavy atom. The van der Waals surface area contributed by atoms with E-state index >= 15 is 0 Å². The highest BCUT2D eigenvalue weighted by Crippen LogP contribution is 2.51.